The zero-order valence-corrected chi connectivity index (χ0v) is 22.4. The van der Waals surface area contributed by atoms with Crippen molar-refractivity contribution in [2.24, 2.45) is 13.0 Å². The van der Waals surface area contributed by atoms with Gasteiger partial charge in [0.1, 0.15) is 11.7 Å². The lowest BCUT2D eigenvalue weighted by Crippen LogP contribution is -2.50. The summed E-state index contributed by atoms with van der Waals surface area (Å²) in [6, 6.07) is 1.18. The summed E-state index contributed by atoms with van der Waals surface area (Å²) in [6.07, 6.45) is 3.78. The van der Waals surface area contributed by atoms with Crippen molar-refractivity contribution in [1.29, 1.82) is 0 Å². The van der Waals surface area contributed by atoms with Crippen LogP contribution in [0.3, 0.4) is 0 Å². The Morgan fingerprint density at radius 2 is 2.03 bits per heavy atom. The van der Waals surface area contributed by atoms with Gasteiger partial charge in [-0.3, -0.25) is 9.69 Å². The molecule has 2 aromatic heterocycles. The van der Waals surface area contributed by atoms with E-state index < -0.39 is 22.2 Å². The lowest BCUT2D eigenvalue weighted by molar-refractivity contribution is 0.0373. The second-order valence-electron chi connectivity index (χ2n) is 9.40. The monoisotopic (exact) mass is 518 g/mol. The highest BCUT2D eigenvalue weighted by atomic mass is 32.2. The van der Waals surface area contributed by atoms with Crippen molar-refractivity contribution in [2.45, 2.75) is 31.0 Å². The van der Waals surface area contributed by atoms with Crippen LogP contribution in [0.4, 0.5) is 0 Å². The number of rotatable bonds is 7. The first-order valence-electron chi connectivity index (χ1n) is 11.6. The van der Waals surface area contributed by atoms with Gasteiger partial charge >= 0.3 is 0 Å². The number of ether oxygens (including phenoxy) is 1. The zero-order valence-electron chi connectivity index (χ0n) is 21.5. The molecule has 0 unspecified atom stereocenters. The summed E-state index contributed by atoms with van der Waals surface area (Å²) < 4.78 is 35.0. The van der Waals surface area contributed by atoms with Gasteiger partial charge in [-0.15, -0.1) is 0 Å². The largest absolute Gasteiger partial charge is 0.472 e. The van der Waals surface area contributed by atoms with Gasteiger partial charge in [-0.2, -0.15) is 4.31 Å². The Kier molecular flexibility index (Phi) is 8.73. The van der Waals surface area contributed by atoms with E-state index in [9.17, 15) is 18.3 Å². The van der Waals surface area contributed by atoms with Crippen molar-refractivity contribution in [1.82, 2.24) is 28.6 Å². The maximum atomic E-state index is 13.5. The molecule has 1 amide bonds. The van der Waals surface area contributed by atoms with Crippen molar-refractivity contribution < 1.29 is 23.1 Å². The molecule has 1 aliphatic rings. The van der Waals surface area contributed by atoms with Crippen molar-refractivity contribution in [2.75, 3.05) is 47.4 Å². The van der Waals surface area contributed by atoms with E-state index in [1.165, 1.54) is 30.1 Å². The fraction of sp³-hybridized carbons (Fsp3) is 0.542. The highest BCUT2D eigenvalue weighted by Gasteiger charge is 2.36. The number of amides is 1. The topological polar surface area (TPSA) is 121 Å². The maximum absolute atomic E-state index is 13.5. The minimum Gasteiger partial charge on any atom is -0.472 e. The van der Waals surface area contributed by atoms with Crippen molar-refractivity contribution >= 4 is 15.9 Å². The Hall–Kier alpha value is -2.98. The highest BCUT2D eigenvalue weighted by molar-refractivity contribution is 7.89. The number of imidazole rings is 1. The van der Waals surface area contributed by atoms with Crippen LogP contribution in [0.15, 0.2) is 29.8 Å². The second kappa shape index (κ2) is 11.4. The van der Waals surface area contributed by atoms with Crippen molar-refractivity contribution in [3.8, 4) is 17.7 Å². The van der Waals surface area contributed by atoms with E-state index in [2.05, 4.69) is 21.8 Å². The molecular weight excluding hydrogens is 484 g/mol. The van der Waals surface area contributed by atoms with Crippen LogP contribution < -0.4 is 4.74 Å². The van der Waals surface area contributed by atoms with Crippen LogP contribution in [0.1, 0.15) is 29.8 Å². The van der Waals surface area contributed by atoms with Crippen LogP contribution in [-0.4, -0.2) is 108 Å². The van der Waals surface area contributed by atoms with Crippen LogP contribution in [0.5, 0.6) is 5.88 Å². The molecule has 12 heteroatoms. The molecule has 0 saturated carbocycles. The molecule has 11 nitrogen and oxygen atoms in total. The molecule has 1 aliphatic heterocycles. The summed E-state index contributed by atoms with van der Waals surface area (Å²) in [4.78, 5) is 25.3. The molecule has 3 rings (SSSR count). The number of likely N-dealkylation sites (N-methyl/N-ethyl adjacent to an activating group) is 1. The number of sulfonamides is 1. The lowest BCUT2D eigenvalue weighted by atomic mass is 10.0. The van der Waals surface area contributed by atoms with Gasteiger partial charge in [-0.25, -0.2) is 18.4 Å². The van der Waals surface area contributed by atoms with E-state index in [1.54, 1.807) is 29.5 Å². The third kappa shape index (κ3) is 6.22. The van der Waals surface area contributed by atoms with Crippen LogP contribution in [0, 0.1) is 17.8 Å². The Labute approximate surface area is 212 Å². The van der Waals surface area contributed by atoms with Gasteiger partial charge < -0.3 is 19.3 Å². The molecule has 0 saturated heterocycles. The smallest absolute Gasteiger partial charge is 0.261 e. The first-order valence-corrected chi connectivity index (χ1v) is 13.0. The second-order valence-corrected chi connectivity index (χ2v) is 11.4. The zero-order chi connectivity index (χ0) is 26.6. The van der Waals surface area contributed by atoms with Gasteiger partial charge in [0, 0.05) is 44.5 Å². The van der Waals surface area contributed by atoms with E-state index in [-0.39, 0.29) is 48.0 Å². The van der Waals surface area contributed by atoms with E-state index in [4.69, 9.17) is 4.74 Å². The van der Waals surface area contributed by atoms with Gasteiger partial charge in [0.25, 0.3) is 15.9 Å². The van der Waals surface area contributed by atoms with Gasteiger partial charge in [0.15, 0.2) is 5.03 Å². The van der Waals surface area contributed by atoms with Crippen LogP contribution in [0.2, 0.25) is 0 Å². The number of nitrogens with zero attached hydrogens (tertiary/aromatic N) is 6. The van der Waals surface area contributed by atoms with Crippen LogP contribution in [-0.2, 0) is 17.1 Å². The quantitative estimate of drug-likeness (QED) is 0.519. The number of aliphatic hydroxyl groups excluding tert-OH is 1. The van der Waals surface area contributed by atoms with Crippen LogP contribution in [0.25, 0.3) is 0 Å². The molecule has 36 heavy (non-hydrogen) atoms. The van der Waals surface area contributed by atoms with E-state index in [0.717, 1.165) is 0 Å². The molecule has 0 aliphatic carbocycles. The third-order valence-corrected chi connectivity index (χ3v) is 7.65. The third-order valence-electron chi connectivity index (χ3n) is 5.94. The minimum absolute atomic E-state index is 0.0150. The number of hydrogen-bond acceptors (Lipinski definition) is 8. The molecule has 3 heterocycles. The molecule has 1 N–H and O–H groups in total. The average molecular weight is 519 g/mol. The number of aryl methyl sites for hydroxylation is 1. The highest BCUT2D eigenvalue weighted by Crippen LogP contribution is 2.28. The Balaban J connectivity index is 1.97. The van der Waals surface area contributed by atoms with Crippen molar-refractivity contribution in [3.05, 3.63) is 35.9 Å². The predicted molar refractivity (Wildman–Crippen MR) is 134 cm³/mol. The summed E-state index contributed by atoms with van der Waals surface area (Å²) in [7, 11) is 3.13. The fourth-order valence-corrected chi connectivity index (χ4v) is 4.86. The number of aliphatic hydroxyl groups is 1. The SMILES string of the molecule is C[C@H]1CN([C@@H](C)CO)C(=O)c2cc(C#CCN(C)C)cnc2O[C@@H]1CN(C)S(=O)(=O)c1cn(C)cn1. The van der Waals surface area contributed by atoms with Gasteiger partial charge in [0.05, 0.1) is 32.1 Å². The Bertz CT molecular complexity index is 1250. The summed E-state index contributed by atoms with van der Waals surface area (Å²) in [5, 5.41) is 9.75. The molecule has 196 valence electrons. The summed E-state index contributed by atoms with van der Waals surface area (Å²) in [6.45, 7) is 4.24. The fourth-order valence-electron chi connectivity index (χ4n) is 3.72. The molecular formula is C24H34N6O5S. The first kappa shape index (κ1) is 27.6. The molecule has 0 spiro atoms. The molecule has 2 aromatic rings. The molecule has 0 fully saturated rings. The van der Waals surface area contributed by atoms with Gasteiger partial charge in [-0.05, 0) is 27.1 Å². The maximum Gasteiger partial charge on any atom is 0.261 e. The van der Waals surface area contributed by atoms with Crippen molar-refractivity contribution in [3.63, 3.8) is 0 Å². The van der Waals surface area contributed by atoms with Gasteiger partial charge in [0.2, 0.25) is 5.88 Å². The normalized spacial score (nSPS) is 19.2. The number of carbonyl (C=O) groups is 1. The predicted octanol–water partition coefficient (Wildman–Crippen LogP) is 0.269. The first-order chi connectivity index (χ1) is 16.9. The minimum atomic E-state index is -3.85. The Morgan fingerprint density at radius 1 is 1.31 bits per heavy atom. The lowest BCUT2D eigenvalue weighted by Gasteiger charge is -2.37. The van der Waals surface area contributed by atoms with Gasteiger partial charge in [-0.1, -0.05) is 18.8 Å². The number of carbonyl (C=O) groups excluding carboxylic acids is 1. The van der Waals surface area contributed by atoms with E-state index >= 15 is 0 Å². The van der Waals surface area contributed by atoms with E-state index in [1.807, 2.05) is 25.9 Å². The number of hydrogen-bond donors (Lipinski definition) is 1. The number of aromatic nitrogens is 3. The molecule has 0 radical (unpaired) electrons. The molecule has 0 bridgehead atoms. The summed E-state index contributed by atoms with van der Waals surface area (Å²) in [5.41, 5.74) is 0.781. The number of fused-ring (bicyclic) bond motifs is 1. The molecule has 0 aromatic carbocycles. The summed E-state index contributed by atoms with van der Waals surface area (Å²) in [5.74, 6) is 5.54. The average Bonchev–Trinajstić information content (AvgIpc) is 3.27. The van der Waals surface area contributed by atoms with E-state index in [0.29, 0.717) is 12.1 Å². The summed E-state index contributed by atoms with van der Waals surface area (Å²) >= 11 is 0. The number of pyridine rings is 1. The molecule has 3 atom stereocenters. The van der Waals surface area contributed by atoms with Crippen LogP contribution >= 0.6 is 0 Å². The Morgan fingerprint density at radius 3 is 2.64 bits per heavy atom. The standard InChI is InChI=1S/C24H34N6O5S/c1-17-12-30(18(2)15-31)24(32)20-10-19(8-7-9-27(3)4)11-25-23(20)35-21(17)13-29(6)36(33,34)22-14-28(5)16-26-22/h10-11,14,16-18,21,31H,9,12-13,15H2,1-6H3/t17-,18-,21+/m0/s1.